The smallest absolute Gasteiger partial charge is 0.340 e. The molecule has 1 heterocycles. The molecule has 0 aliphatic rings. The Morgan fingerprint density at radius 1 is 0.828 bits per heavy atom. The number of carbonyl (C=O) groups excluding carboxylic acids is 3. The number of esters is 3. The lowest BCUT2D eigenvalue weighted by atomic mass is 10.0. The molecule has 0 N–H and O–H groups in total. The molecule has 0 aliphatic heterocycles. The molecule has 7 heteroatoms. The Balaban J connectivity index is 2.78. The van der Waals surface area contributed by atoms with Gasteiger partial charge in [-0.05, 0) is 40.2 Å². The van der Waals surface area contributed by atoms with Crippen molar-refractivity contribution in [2.75, 3.05) is 19.8 Å². The molecule has 0 fully saturated rings. The molecule has 0 spiro atoms. The van der Waals surface area contributed by atoms with Crippen molar-refractivity contribution < 1.29 is 28.6 Å². The highest BCUT2D eigenvalue weighted by Gasteiger charge is 2.37. The van der Waals surface area contributed by atoms with E-state index in [4.69, 9.17) is 14.2 Å². The predicted octanol–water partition coefficient (Wildman–Crippen LogP) is 3.62. The van der Waals surface area contributed by atoms with Crippen LogP contribution in [-0.2, 0) is 23.8 Å². The monoisotopic (exact) mass is 401 g/mol. The van der Waals surface area contributed by atoms with Crippen LogP contribution in [0, 0.1) is 13.8 Å². The lowest BCUT2D eigenvalue weighted by molar-refractivity contribution is -0.160. The molecular weight excluding hydrogens is 374 g/mol. The van der Waals surface area contributed by atoms with Crippen LogP contribution >= 0.6 is 0 Å². The van der Waals surface area contributed by atoms with Gasteiger partial charge in [0.15, 0.2) is 0 Å². The number of aromatic nitrogens is 1. The first-order valence-corrected chi connectivity index (χ1v) is 9.66. The van der Waals surface area contributed by atoms with E-state index in [0.29, 0.717) is 22.5 Å². The molecule has 0 unspecified atom stereocenters. The molecule has 0 aliphatic carbocycles. The van der Waals surface area contributed by atoms with Crippen molar-refractivity contribution in [1.29, 1.82) is 0 Å². The molecule has 2 rings (SSSR count). The Morgan fingerprint density at radius 2 is 1.34 bits per heavy atom. The van der Waals surface area contributed by atoms with Gasteiger partial charge in [0.2, 0.25) is 6.04 Å². The SMILES string of the molecule is CCOC(=O)c1c(-c2ccccc2)c(C)n(C(C(=O)OCC)C(=O)OCC)c1C. The third-order valence-corrected chi connectivity index (χ3v) is 4.52. The normalized spacial score (nSPS) is 10.7. The summed E-state index contributed by atoms with van der Waals surface area (Å²) in [6.07, 6.45) is 0. The van der Waals surface area contributed by atoms with E-state index in [1.54, 1.807) is 34.6 Å². The van der Waals surface area contributed by atoms with Gasteiger partial charge in [-0.2, -0.15) is 0 Å². The van der Waals surface area contributed by atoms with Gasteiger partial charge in [0.1, 0.15) is 0 Å². The average Bonchev–Trinajstić information content (AvgIpc) is 2.94. The first kappa shape index (κ1) is 22.2. The molecule has 0 saturated carbocycles. The van der Waals surface area contributed by atoms with Crippen molar-refractivity contribution in [3.8, 4) is 11.1 Å². The van der Waals surface area contributed by atoms with E-state index >= 15 is 0 Å². The van der Waals surface area contributed by atoms with Crippen molar-refractivity contribution in [2.24, 2.45) is 0 Å². The van der Waals surface area contributed by atoms with Gasteiger partial charge in [0.25, 0.3) is 0 Å². The fraction of sp³-hybridized carbons (Fsp3) is 0.409. The summed E-state index contributed by atoms with van der Waals surface area (Å²) in [5, 5.41) is 0. The van der Waals surface area contributed by atoms with Gasteiger partial charge in [-0.3, -0.25) is 0 Å². The lowest BCUT2D eigenvalue weighted by Crippen LogP contribution is -2.32. The standard InChI is InChI=1S/C22H27NO6/c1-6-27-20(24)18-15(5)23(14(4)17(18)16-12-10-9-11-13-16)19(21(25)28-7-2)22(26)29-8-3/h9-13,19H,6-8H2,1-5H3. The van der Waals surface area contributed by atoms with Gasteiger partial charge in [-0.15, -0.1) is 0 Å². The summed E-state index contributed by atoms with van der Waals surface area (Å²) in [7, 11) is 0. The van der Waals surface area contributed by atoms with Crippen LogP contribution in [0.15, 0.2) is 30.3 Å². The van der Waals surface area contributed by atoms with Crippen LogP contribution in [0.5, 0.6) is 0 Å². The fourth-order valence-corrected chi connectivity index (χ4v) is 3.40. The minimum atomic E-state index is -1.35. The Hall–Kier alpha value is -3.09. The minimum absolute atomic E-state index is 0.115. The van der Waals surface area contributed by atoms with Crippen LogP contribution in [0.1, 0.15) is 48.6 Å². The van der Waals surface area contributed by atoms with E-state index in [-0.39, 0.29) is 19.8 Å². The molecule has 0 bridgehead atoms. The molecule has 29 heavy (non-hydrogen) atoms. The van der Waals surface area contributed by atoms with Gasteiger partial charge >= 0.3 is 17.9 Å². The number of benzene rings is 1. The van der Waals surface area contributed by atoms with E-state index in [0.717, 1.165) is 5.56 Å². The third kappa shape index (κ3) is 4.50. The second kappa shape index (κ2) is 9.91. The van der Waals surface area contributed by atoms with E-state index in [9.17, 15) is 14.4 Å². The first-order chi connectivity index (χ1) is 13.9. The largest absolute Gasteiger partial charge is 0.464 e. The average molecular weight is 401 g/mol. The summed E-state index contributed by atoms with van der Waals surface area (Å²) >= 11 is 0. The molecular formula is C22H27NO6. The highest BCUT2D eigenvalue weighted by molar-refractivity contribution is 6.02. The maximum Gasteiger partial charge on any atom is 0.340 e. The van der Waals surface area contributed by atoms with Crippen molar-refractivity contribution in [3.63, 3.8) is 0 Å². The second-order valence-corrected chi connectivity index (χ2v) is 6.28. The fourth-order valence-electron chi connectivity index (χ4n) is 3.40. The van der Waals surface area contributed by atoms with Gasteiger partial charge < -0.3 is 18.8 Å². The van der Waals surface area contributed by atoms with Crippen LogP contribution in [0.3, 0.4) is 0 Å². The summed E-state index contributed by atoms with van der Waals surface area (Å²) in [4.78, 5) is 38.1. The highest BCUT2D eigenvalue weighted by atomic mass is 16.6. The molecule has 0 radical (unpaired) electrons. The van der Waals surface area contributed by atoms with Crippen molar-refractivity contribution in [2.45, 2.75) is 40.7 Å². The summed E-state index contributed by atoms with van der Waals surface area (Å²) in [5.74, 6) is -1.98. The first-order valence-electron chi connectivity index (χ1n) is 9.66. The number of hydrogen-bond donors (Lipinski definition) is 0. The third-order valence-electron chi connectivity index (χ3n) is 4.52. The molecule has 0 saturated heterocycles. The Morgan fingerprint density at radius 3 is 1.83 bits per heavy atom. The minimum Gasteiger partial charge on any atom is -0.464 e. The molecule has 7 nitrogen and oxygen atoms in total. The summed E-state index contributed by atoms with van der Waals surface area (Å²) in [5.41, 5.74) is 2.71. The number of rotatable bonds is 8. The van der Waals surface area contributed by atoms with Crippen LogP contribution < -0.4 is 0 Å². The van der Waals surface area contributed by atoms with Crippen molar-refractivity contribution >= 4 is 17.9 Å². The molecule has 2 aromatic rings. The Labute approximate surface area is 170 Å². The number of carbonyl (C=O) groups is 3. The van der Waals surface area contributed by atoms with E-state index in [1.807, 2.05) is 30.3 Å². The maximum absolute atomic E-state index is 12.8. The summed E-state index contributed by atoms with van der Waals surface area (Å²) in [6.45, 7) is 8.91. The van der Waals surface area contributed by atoms with Gasteiger partial charge in [-0.25, -0.2) is 14.4 Å². The maximum atomic E-state index is 12.8. The quantitative estimate of drug-likeness (QED) is 0.382. The zero-order valence-corrected chi connectivity index (χ0v) is 17.5. The second-order valence-electron chi connectivity index (χ2n) is 6.28. The molecule has 156 valence electrons. The zero-order chi connectivity index (χ0) is 21.6. The van der Waals surface area contributed by atoms with Crippen LogP contribution in [0.4, 0.5) is 0 Å². The van der Waals surface area contributed by atoms with Crippen LogP contribution in [-0.4, -0.2) is 42.3 Å². The van der Waals surface area contributed by atoms with Gasteiger partial charge in [0, 0.05) is 17.0 Å². The topological polar surface area (TPSA) is 83.8 Å². The Kier molecular flexibility index (Phi) is 7.59. The Bertz CT molecular complexity index is 866. The van der Waals surface area contributed by atoms with Crippen molar-refractivity contribution in [3.05, 3.63) is 47.3 Å². The van der Waals surface area contributed by atoms with E-state index < -0.39 is 23.9 Å². The van der Waals surface area contributed by atoms with Crippen LogP contribution in [0.25, 0.3) is 11.1 Å². The summed E-state index contributed by atoms with van der Waals surface area (Å²) < 4.78 is 17.0. The van der Waals surface area contributed by atoms with E-state index in [2.05, 4.69) is 0 Å². The number of ether oxygens (including phenoxy) is 3. The highest BCUT2D eigenvalue weighted by Crippen LogP contribution is 2.35. The predicted molar refractivity (Wildman–Crippen MR) is 108 cm³/mol. The van der Waals surface area contributed by atoms with Crippen LogP contribution in [0.2, 0.25) is 0 Å². The molecule has 1 aromatic carbocycles. The van der Waals surface area contributed by atoms with Gasteiger partial charge in [-0.1, -0.05) is 30.3 Å². The summed E-state index contributed by atoms with van der Waals surface area (Å²) in [6, 6.07) is 7.94. The zero-order valence-electron chi connectivity index (χ0n) is 17.5. The van der Waals surface area contributed by atoms with E-state index in [1.165, 1.54) is 4.57 Å². The van der Waals surface area contributed by atoms with Crippen molar-refractivity contribution in [1.82, 2.24) is 4.57 Å². The lowest BCUT2D eigenvalue weighted by Gasteiger charge is -2.19. The van der Waals surface area contributed by atoms with Gasteiger partial charge in [0.05, 0.1) is 25.4 Å². The molecule has 0 amide bonds. The number of nitrogens with zero attached hydrogens (tertiary/aromatic N) is 1. The molecule has 1 aromatic heterocycles. The number of hydrogen-bond acceptors (Lipinski definition) is 6. The molecule has 0 atom stereocenters.